The minimum absolute atomic E-state index is 0.0838. The number of non-ortho nitro benzene ring substituents is 1. The first-order valence-electron chi connectivity index (χ1n) is 10.1. The van der Waals surface area contributed by atoms with Gasteiger partial charge < -0.3 is 4.74 Å². The van der Waals surface area contributed by atoms with E-state index in [1.165, 1.54) is 17.1 Å². The van der Waals surface area contributed by atoms with Crippen molar-refractivity contribution in [3.63, 3.8) is 0 Å². The third kappa shape index (κ3) is 4.41. The summed E-state index contributed by atoms with van der Waals surface area (Å²) in [4.78, 5) is 23.9. The van der Waals surface area contributed by atoms with Crippen molar-refractivity contribution in [3.8, 4) is 5.75 Å². The molecule has 3 aromatic carbocycles. The maximum Gasteiger partial charge on any atom is 0.280 e. The number of ether oxygens (including phenoxy) is 1. The number of hydrogen-bond donors (Lipinski definition) is 0. The van der Waals surface area contributed by atoms with Gasteiger partial charge in [0.25, 0.3) is 11.6 Å². The Kier molecular flexibility index (Phi) is 5.81. The van der Waals surface area contributed by atoms with Crippen LogP contribution in [0.1, 0.15) is 23.6 Å². The quantitative estimate of drug-likeness (QED) is 0.304. The standard InChI is InChI=1S/C25H21N3O4/c1-17-8-10-19(11-9-17)16-32-24-13-12-22(28(30)31)14-20(24)15-23-18(2)26-27(25(23)29)21-6-4-3-5-7-21/h3-15H,16H2,1-2H3/b23-15+. The Labute approximate surface area is 185 Å². The average molecular weight is 427 g/mol. The number of nitro groups is 1. The first-order chi connectivity index (χ1) is 15.4. The summed E-state index contributed by atoms with van der Waals surface area (Å²) in [6, 6.07) is 21.4. The van der Waals surface area contributed by atoms with Crippen molar-refractivity contribution in [2.45, 2.75) is 20.5 Å². The summed E-state index contributed by atoms with van der Waals surface area (Å²) in [6.07, 6.45) is 1.60. The second-order valence-electron chi connectivity index (χ2n) is 7.45. The van der Waals surface area contributed by atoms with E-state index in [1.807, 2.05) is 49.4 Å². The number of anilines is 1. The minimum atomic E-state index is -0.473. The SMILES string of the molecule is CC1=NN(c2ccccc2)C(=O)/C1=C/c1cc([N+](=O)[O-])ccc1OCc1ccc(C)cc1. The summed E-state index contributed by atoms with van der Waals surface area (Å²) < 4.78 is 5.96. The van der Waals surface area contributed by atoms with Crippen LogP contribution in [0.15, 0.2) is 83.5 Å². The van der Waals surface area contributed by atoms with Crippen LogP contribution in [-0.2, 0) is 11.4 Å². The van der Waals surface area contributed by atoms with Gasteiger partial charge in [0.15, 0.2) is 0 Å². The molecule has 0 unspecified atom stereocenters. The van der Waals surface area contributed by atoms with Gasteiger partial charge >= 0.3 is 0 Å². The van der Waals surface area contributed by atoms with Gasteiger partial charge in [-0.05, 0) is 43.7 Å². The Bertz CT molecular complexity index is 1230. The molecule has 7 heteroatoms. The molecule has 1 heterocycles. The molecule has 0 atom stereocenters. The topological polar surface area (TPSA) is 85.0 Å². The van der Waals surface area contributed by atoms with Gasteiger partial charge in [-0.3, -0.25) is 14.9 Å². The zero-order chi connectivity index (χ0) is 22.7. The molecule has 0 fully saturated rings. The highest BCUT2D eigenvalue weighted by Crippen LogP contribution is 2.30. The molecule has 7 nitrogen and oxygen atoms in total. The lowest BCUT2D eigenvalue weighted by Gasteiger charge is -2.12. The van der Waals surface area contributed by atoms with Gasteiger partial charge in [-0.1, -0.05) is 48.0 Å². The van der Waals surface area contributed by atoms with E-state index in [0.717, 1.165) is 11.1 Å². The number of benzene rings is 3. The molecule has 1 aliphatic rings. The van der Waals surface area contributed by atoms with E-state index in [9.17, 15) is 14.9 Å². The number of amides is 1. The molecule has 32 heavy (non-hydrogen) atoms. The van der Waals surface area contributed by atoms with E-state index in [4.69, 9.17) is 4.74 Å². The molecule has 1 aliphatic heterocycles. The van der Waals surface area contributed by atoms with Gasteiger partial charge in [0.05, 0.1) is 21.9 Å². The molecule has 0 spiro atoms. The van der Waals surface area contributed by atoms with Gasteiger partial charge in [0.2, 0.25) is 0 Å². The molecule has 0 saturated heterocycles. The van der Waals surface area contributed by atoms with Crippen LogP contribution in [0, 0.1) is 17.0 Å². The fraction of sp³-hybridized carbons (Fsp3) is 0.120. The van der Waals surface area contributed by atoms with Crippen molar-refractivity contribution < 1.29 is 14.5 Å². The normalized spacial score (nSPS) is 14.6. The van der Waals surface area contributed by atoms with Gasteiger partial charge in [-0.2, -0.15) is 10.1 Å². The van der Waals surface area contributed by atoms with Crippen molar-refractivity contribution in [2.24, 2.45) is 5.10 Å². The van der Waals surface area contributed by atoms with Gasteiger partial charge in [0.1, 0.15) is 12.4 Å². The summed E-state index contributed by atoms with van der Waals surface area (Å²) in [5, 5.41) is 17.0. The average Bonchev–Trinajstić information content (AvgIpc) is 3.08. The van der Waals surface area contributed by atoms with Crippen LogP contribution in [0.4, 0.5) is 11.4 Å². The lowest BCUT2D eigenvalue weighted by Crippen LogP contribution is -2.21. The summed E-state index contributed by atoms with van der Waals surface area (Å²) in [5.74, 6) is 0.145. The molecular weight excluding hydrogens is 406 g/mol. The van der Waals surface area contributed by atoms with Crippen LogP contribution in [0.3, 0.4) is 0 Å². The predicted molar refractivity (Wildman–Crippen MR) is 124 cm³/mol. The maximum atomic E-state index is 13.0. The van der Waals surface area contributed by atoms with Crippen LogP contribution >= 0.6 is 0 Å². The summed E-state index contributed by atoms with van der Waals surface area (Å²) >= 11 is 0. The smallest absolute Gasteiger partial charge is 0.280 e. The number of para-hydroxylation sites is 1. The van der Waals surface area contributed by atoms with Crippen molar-refractivity contribution >= 4 is 29.1 Å². The van der Waals surface area contributed by atoms with E-state index in [1.54, 1.807) is 31.2 Å². The Morgan fingerprint density at radius 2 is 1.75 bits per heavy atom. The second kappa shape index (κ2) is 8.85. The largest absolute Gasteiger partial charge is 0.488 e. The summed E-state index contributed by atoms with van der Waals surface area (Å²) in [5.41, 5.74) is 4.00. The molecule has 0 bridgehead atoms. The predicted octanol–water partition coefficient (Wildman–Crippen LogP) is 5.29. The van der Waals surface area contributed by atoms with E-state index in [2.05, 4.69) is 5.10 Å². The number of carbonyl (C=O) groups is 1. The first-order valence-corrected chi connectivity index (χ1v) is 10.1. The van der Waals surface area contributed by atoms with Gasteiger partial charge in [-0.25, -0.2) is 0 Å². The third-order valence-corrected chi connectivity index (χ3v) is 5.08. The Morgan fingerprint density at radius 1 is 1.03 bits per heavy atom. The number of nitro benzene ring substituents is 1. The lowest BCUT2D eigenvalue weighted by molar-refractivity contribution is -0.384. The molecule has 1 amide bonds. The molecule has 160 valence electrons. The number of carbonyl (C=O) groups excluding carboxylic acids is 1. The van der Waals surface area contributed by atoms with Crippen molar-refractivity contribution in [3.05, 3.63) is 105 Å². The van der Waals surface area contributed by atoms with Gasteiger partial charge in [-0.15, -0.1) is 0 Å². The maximum absolute atomic E-state index is 13.0. The van der Waals surface area contributed by atoms with E-state index >= 15 is 0 Å². The van der Waals surface area contributed by atoms with Gasteiger partial charge in [0, 0.05) is 17.7 Å². The highest BCUT2D eigenvalue weighted by molar-refractivity contribution is 6.32. The van der Waals surface area contributed by atoms with Crippen LogP contribution in [0.5, 0.6) is 5.75 Å². The Morgan fingerprint density at radius 3 is 2.44 bits per heavy atom. The molecular formula is C25H21N3O4. The zero-order valence-electron chi connectivity index (χ0n) is 17.7. The van der Waals surface area contributed by atoms with E-state index in [0.29, 0.717) is 34.9 Å². The monoisotopic (exact) mass is 427 g/mol. The van der Waals surface area contributed by atoms with E-state index < -0.39 is 4.92 Å². The number of aryl methyl sites for hydroxylation is 1. The first kappa shape index (κ1) is 21.0. The van der Waals surface area contributed by atoms with Crippen LogP contribution < -0.4 is 9.75 Å². The molecule has 0 radical (unpaired) electrons. The summed E-state index contributed by atoms with van der Waals surface area (Å²) in [7, 11) is 0. The van der Waals surface area contributed by atoms with Crippen molar-refractivity contribution in [1.82, 2.24) is 0 Å². The second-order valence-corrected chi connectivity index (χ2v) is 7.45. The molecule has 0 aliphatic carbocycles. The minimum Gasteiger partial charge on any atom is -0.488 e. The third-order valence-electron chi connectivity index (χ3n) is 5.08. The molecule has 3 aromatic rings. The van der Waals surface area contributed by atoms with Crippen molar-refractivity contribution in [1.29, 1.82) is 0 Å². The number of nitrogens with zero attached hydrogens (tertiary/aromatic N) is 3. The number of rotatable bonds is 6. The fourth-order valence-corrected chi connectivity index (χ4v) is 3.32. The highest BCUT2D eigenvalue weighted by Gasteiger charge is 2.29. The molecule has 4 rings (SSSR count). The number of hydrazone groups is 1. The molecule has 0 saturated carbocycles. The summed E-state index contributed by atoms with van der Waals surface area (Å²) in [6.45, 7) is 4.04. The highest BCUT2D eigenvalue weighted by atomic mass is 16.6. The fourth-order valence-electron chi connectivity index (χ4n) is 3.32. The van der Waals surface area contributed by atoms with Crippen molar-refractivity contribution in [2.75, 3.05) is 5.01 Å². The number of hydrogen-bond acceptors (Lipinski definition) is 5. The Balaban J connectivity index is 1.66. The molecule has 0 aromatic heterocycles. The van der Waals surface area contributed by atoms with Crippen LogP contribution in [0.2, 0.25) is 0 Å². The van der Waals surface area contributed by atoms with Crippen LogP contribution in [-0.4, -0.2) is 16.5 Å². The molecule has 0 N–H and O–H groups in total. The van der Waals surface area contributed by atoms with Crippen LogP contribution in [0.25, 0.3) is 6.08 Å². The Hall–Kier alpha value is -4.26. The zero-order valence-corrected chi connectivity index (χ0v) is 17.7. The lowest BCUT2D eigenvalue weighted by atomic mass is 10.1. The van der Waals surface area contributed by atoms with E-state index in [-0.39, 0.29) is 11.6 Å².